The van der Waals surface area contributed by atoms with Crippen LogP contribution in [0.25, 0.3) is 0 Å². The zero-order chi connectivity index (χ0) is 18.8. The van der Waals surface area contributed by atoms with Crippen LogP contribution in [0, 0.1) is 0 Å². The van der Waals surface area contributed by atoms with Gasteiger partial charge >= 0.3 is 5.69 Å². The number of aryl methyl sites for hydroxylation is 1. The van der Waals surface area contributed by atoms with Crippen LogP contribution in [0.1, 0.15) is 35.4 Å². The lowest BCUT2D eigenvalue weighted by Gasteiger charge is -2.16. The quantitative estimate of drug-likeness (QED) is 0.842. The van der Waals surface area contributed by atoms with Crippen molar-refractivity contribution in [2.24, 2.45) is 0 Å². The summed E-state index contributed by atoms with van der Waals surface area (Å²) in [7, 11) is 0. The van der Waals surface area contributed by atoms with Gasteiger partial charge in [-0.25, -0.2) is 9.48 Å². The van der Waals surface area contributed by atoms with Crippen molar-refractivity contribution < 1.29 is 4.79 Å². The lowest BCUT2D eigenvalue weighted by atomic mass is 10.2. The van der Waals surface area contributed by atoms with E-state index in [-0.39, 0.29) is 17.6 Å². The number of nitrogens with one attached hydrogen (secondary N) is 1. The second-order valence-corrected chi connectivity index (χ2v) is 7.73. The largest absolute Gasteiger partial charge is 0.348 e. The van der Waals surface area contributed by atoms with Crippen LogP contribution in [0.3, 0.4) is 0 Å². The summed E-state index contributed by atoms with van der Waals surface area (Å²) >= 11 is 5.87. The van der Waals surface area contributed by atoms with Gasteiger partial charge < -0.3 is 5.32 Å². The topological polar surface area (TPSA) is 72.2 Å². The summed E-state index contributed by atoms with van der Waals surface area (Å²) in [6.07, 6.45) is 3.97. The smallest absolute Gasteiger partial charge is 0.345 e. The average molecular weight is 390 g/mol. The van der Waals surface area contributed by atoms with Gasteiger partial charge in [-0.3, -0.25) is 14.3 Å². The lowest BCUT2D eigenvalue weighted by Crippen LogP contribution is -2.38. The van der Waals surface area contributed by atoms with Gasteiger partial charge in [-0.1, -0.05) is 11.6 Å². The molecular weight excluding hydrogens is 366 g/mol. The predicted octanol–water partition coefficient (Wildman–Crippen LogP) is 1.54. The number of benzene rings is 1. The summed E-state index contributed by atoms with van der Waals surface area (Å²) in [6, 6.07) is 7.04. The van der Waals surface area contributed by atoms with Crippen LogP contribution in [0.2, 0.25) is 5.02 Å². The molecule has 0 saturated carbocycles. The van der Waals surface area contributed by atoms with Crippen molar-refractivity contribution in [1.29, 1.82) is 0 Å². The van der Waals surface area contributed by atoms with E-state index in [1.54, 1.807) is 28.9 Å². The van der Waals surface area contributed by atoms with Gasteiger partial charge in [-0.2, -0.15) is 5.10 Å². The molecule has 3 heterocycles. The number of aromatic nitrogens is 3. The van der Waals surface area contributed by atoms with Crippen molar-refractivity contribution in [3.8, 4) is 0 Å². The zero-order valence-electron chi connectivity index (χ0n) is 15.2. The van der Waals surface area contributed by atoms with Crippen molar-refractivity contribution in [3.63, 3.8) is 0 Å². The third kappa shape index (κ3) is 4.09. The first-order chi connectivity index (χ1) is 13.1. The fourth-order valence-electron chi connectivity index (χ4n) is 3.85. The number of carbonyl (C=O) groups excluding carboxylic acids is 1. The molecule has 1 fully saturated rings. The molecule has 7 nitrogen and oxygen atoms in total. The van der Waals surface area contributed by atoms with Crippen LogP contribution in [-0.4, -0.2) is 50.8 Å². The second-order valence-electron chi connectivity index (χ2n) is 7.30. The van der Waals surface area contributed by atoms with Crippen molar-refractivity contribution >= 4 is 17.5 Å². The molecule has 0 bridgehead atoms. The molecule has 2 aliphatic rings. The lowest BCUT2D eigenvalue weighted by molar-refractivity contribution is 0.0937. The molecule has 1 atom stereocenters. The maximum atomic E-state index is 12.4. The van der Waals surface area contributed by atoms with E-state index in [0.717, 1.165) is 57.7 Å². The molecule has 1 aromatic carbocycles. The number of rotatable bonds is 5. The Hall–Kier alpha value is -2.12. The fraction of sp³-hybridized carbons (Fsp3) is 0.526. The summed E-state index contributed by atoms with van der Waals surface area (Å²) in [4.78, 5) is 27.0. The highest BCUT2D eigenvalue weighted by molar-refractivity contribution is 6.30. The number of carbonyl (C=O) groups is 1. The molecule has 144 valence electrons. The molecule has 8 heteroatoms. The van der Waals surface area contributed by atoms with E-state index >= 15 is 0 Å². The first-order valence-corrected chi connectivity index (χ1v) is 9.93. The minimum absolute atomic E-state index is 0.0106. The normalized spacial score (nSPS) is 19.8. The molecule has 2 aliphatic heterocycles. The predicted molar refractivity (Wildman–Crippen MR) is 103 cm³/mol. The summed E-state index contributed by atoms with van der Waals surface area (Å²) in [5.41, 5.74) is 0.629. The fourth-order valence-corrected chi connectivity index (χ4v) is 3.98. The Morgan fingerprint density at radius 1 is 1.19 bits per heavy atom. The van der Waals surface area contributed by atoms with E-state index in [4.69, 9.17) is 11.6 Å². The van der Waals surface area contributed by atoms with Crippen LogP contribution in [0.4, 0.5) is 0 Å². The van der Waals surface area contributed by atoms with E-state index in [9.17, 15) is 9.59 Å². The maximum Gasteiger partial charge on any atom is 0.345 e. The summed E-state index contributed by atoms with van der Waals surface area (Å²) in [6.45, 7) is 3.85. The number of nitrogens with zero attached hydrogens (tertiary/aromatic N) is 4. The summed E-state index contributed by atoms with van der Waals surface area (Å²) in [5, 5.41) is 8.19. The summed E-state index contributed by atoms with van der Waals surface area (Å²) < 4.78 is 3.41. The third-order valence-corrected chi connectivity index (χ3v) is 5.63. The highest BCUT2D eigenvalue weighted by atomic mass is 35.5. The van der Waals surface area contributed by atoms with Crippen molar-refractivity contribution in [2.75, 3.05) is 19.6 Å². The van der Waals surface area contributed by atoms with Gasteiger partial charge in [0, 0.05) is 49.2 Å². The molecule has 27 heavy (non-hydrogen) atoms. The van der Waals surface area contributed by atoms with Crippen LogP contribution in [0.15, 0.2) is 29.1 Å². The Kier molecular flexibility index (Phi) is 5.31. The van der Waals surface area contributed by atoms with Crippen LogP contribution < -0.4 is 11.0 Å². The van der Waals surface area contributed by atoms with Crippen LogP contribution >= 0.6 is 11.6 Å². The van der Waals surface area contributed by atoms with Crippen molar-refractivity contribution in [1.82, 2.24) is 24.6 Å². The molecule has 4 rings (SSSR count). The maximum absolute atomic E-state index is 12.4. The minimum atomic E-state index is -0.0727. The first-order valence-electron chi connectivity index (χ1n) is 9.55. The van der Waals surface area contributed by atoms with Gasteiger partial charge in [-0.15, -0.1) is 0 Å². The SMILES string of the molecule is O=C(NC1CCN(CCn2nc3n(c2=O)CCCC3)C1)c1ccc(Cl)cc1. The van der Waals surface area contributed by atoms with E-state index in [0.29, 0.717) is 17.1 Å². The Balaban J connectivity index is 1.29. The van der Waals surface area contributed by atoms with E-state index < -0.39 is 0 Å². The van der Waals surface area contributed by atoms with E-state index in [1.165, 1.54) is 0 Å². The zero-order valence-corrected chi connectivity index (χ0v) is 16.0. The van der Waals surface area contributed by atoms with Gasteiger partial charge in [0.2, 0.25) is 0 Å². The highest BCUT2D eigenvalue weighted by Crippen LogP contribution is 2.13. The number of amides is 1. The van der Waals surface area contributed by atoms with Crippen molar-refractivity contribution in [2.45, 2.75) is 44.8 Å². The first kappa shape index (κ1) is 18.3. The molecule has 2 aromatic rings. The molecule has 0 aliphatic carbocycles. The van der Waals surface area contributed by atoms with Gasteiger partial charge in [-0.05, 0) is 43.5 Å². The molecule has 1 saturated heterocycles. The highest BCUT2D eigenvalue weighted by Gasteiger charge is 2.25. The van der Waals surface area contributed by atoms with Gasteiger partial charge in [0.1, 0.15) is 5.82 Å². The molecule has 0 spiro atoms. The molecule has 1 N–H and O–H groups in total. The number of likely N-dealkylation sites (tertiary alicyclic amines) is 1. The average Bonchev–Trinajstić information content (AvgIpc) is 3.25. The standard InChI is InChI=1S/C19H24ClN5O2/c20-15-6-4-14(5-7-15)18(26)21-16-8-10-23(13-16)11-12-25-19(27)24-9-2-1-3-17(24)22-25/h4-7,16H,1-3,8-13H2,(H,21,26). The van der Waals surface area contributed by atoms with Gasteiger partial charge in [0.05, 0.1) is 6.54 Å². The minimum Gasteiger partial charge on any atom is -0.348 e. The molecular formula is C19H24ClN5O2. The Morgan fingerprint density at radius 2 is 2.00 bits per heavy atom. The Bertz CT molecular complexity index is 873. The number of hydrogen-bond acceptors (Lipinski definition) is 4. The number of hydrogen-bond donors (Lipinski definition) is 1. The van der Waals surface area contributed by atoms with Crippen LogP contribution in [-0.2, 0) is 19.5 Å². The third-order valence-electron chi connectivity index (χ3n) is 5.37. The number of halogens is 1. The molecule has 1 unspecified atom stereocenters. The Labute approximate surface area is 162 Å². The monoisotopic (exact) mass is 389 g/mol. The van der Waals surface area contributed by atoms with Crippen molar-refractivity contribution in [3.05, 3.63) is 51.2 Å². The molecule has 0 radical (unpaired) electrons. The van der Waals surface area contributed by atoms with E-state index in [1.807, 2.05) is 4.57 Å². The second kappa shape index (κ2) is 7.86. The van der Waals surface area contributed by atoms with Crippen LogP contribution in [0.5, 0.6) is 0 Å². The molecule has 1 amide bonds. The summed E-state index contributed by atoms with van der Waals surface area (Å²) in [5.74, 6) is 0.845. The van der Waals surface area contributed by atoms with E-state index in [2.05, 4.69) is 15.3 Å². The number of fused-ring (bicyclic) bond motifs is 1. The van der Waals surface area contributed by atoms with Gasteiger partial charge in [0.25, 0.3) is 5.91 Å². The molecule has 1 aromatic heterocycles. The van der Waals surface area contributed by atoms with Gasteiger partial charge in [0.15, 0.2) is 0 Å². The Morgan fingerprint density at radius 3 is 2.78 bits per heavy atom.